The second-order valence-electron chi connectivity index (χ2n) is 3.76. The molecule has 2 rings (SSSR count). The summed E-state index contributed by atoms with van der Waals surface area (Å²) < 4.78 is 18.4. The maximum atomic E-state index is 12.9. The Bertz CT molecular complexity index is 319. The van der Waals surface area contributed by atoms with Gasteiger partial charge in [0.25, 0.3) is 0 Å². The topological polar surface area (TPSA) is 61.0 Å². The highest BCUT2D eigenvalue weighted by molar-refractivity contribution is 5.21. The SMILES string of the molecule is Nc1nc(F)cc(OC2CCCCC2)n1. The smallest absolute Gasteiger partial charge is 0.226 e. The molecule has 0 amide bonds. The van der Waals surface area contributed by atoms with Crippen molar-refractivity contribution in [3.05, 3.63) is 12.0 Å². The molecule has 1 aromatic rings. The maximum absolute atomic E-state index is 12.9. The molecule has 0 spiro atoms. The van der Waals surface area contributed by atoms with Crippen LogP contribution in [0.3, 0.4) is 0 Å². The van der Waals surface area contributed by atoms with Crippen LogP contribution in [-0.2, 0) is 0 Å². The van der Waals surface area contributed by atoms with E-state index in [0.29, 0.717) is 0 Å². The van der Waals surface area contributed by atoms with E-state index in [0.717, 1.165) is 25.7 Å². The van der Waals surface area contributed by atoms with E-state index in [1.807, 2.05) is 0 Å². The van der Waals surface area contributed by atoms with E-state index in [1.165, 1.54) is 12.5 Å². The molecular formula is C10H14FN3O. The zero-order valence-electron chi connectivity index (χ0n) is 8.45. The molecule has 1 aliphatic rings. The number of aromatic nitrogens is 2. The van der Waals surface area contributed by atoms with Gasteiger partial charge in [-0.15, -0.1) is 0 Å². The number of halogens is 1. The lowest BCUT2D eigenvalue weighted by Gasteiger charge is -2.22. The number of nitrogens with two attached hydrogens (primary N) is 1. The molecule has 0 saturated heterocycles. The molecule has 1 heterocycles. The average Bonchev–Trinajstić information content (AvgIpc) is 2.17. The molecular weight excluding hydrogens is 197 g/mol. The maximum Gasteiger partial charge on any atom is 0.226 e. The number of nitrogen functional groups attached to an aromatic ring is 1. The van der Waals surface area contributed by atoms with Gasteiger partial charge < -0.3 is 10.5 Å². The van der Waals surface area contributed by atoms with Crippen LogP contribution in [0, 0.1) is 5.95 Å². The first-order valence-electron chi connectivity index (χ1n) is 5.21. The van der Waals surface area contributed by atoms with Crippen molar-refractivity contribution in [1.82, 2.24) is 9.97 Å². The third-order valence-electron chi connectivity index (χ3n) is 2.53. The van der Waals surface area contributed by atoms with Crippen molar-refractivity contribution in [2.45, 2.75) is 38.2 Å². The molecule has 0 unspecified atom stereocenters. The molecule has 1 fully saturated rings. The molecule has 0 aromatic carbocycles. The van der Waals surface area contributed by atoms with Gasteiger partial charge >= 0.3 is 0 Å². The fourth-order valence-electron chi connectivity index (χ4n) is 1.83. The van der Waals surface area contributed by atoms with Gasteiger partial charge in [0.05, 0.1) is 6.07 Å². The molecule has 0 aliphatic heterocycles. The zero-order chi connectivity index (χ0) is 10.7. The normalized spacial score (nSPS) is 17.7. The van der Waals surface area contributed by atoms with Crippen LogP contribution < -0.4 is 10.5 Å². The number of anilines is 1. The van der Waals surface area contributed by atoms with E-state index < -0.39 is 5.95 Å². The number of rotatable bonds is 2. The Labute approximate surface area is 87.7 Å². The van der Waals surface area contributed by atoms with Gasteiger partial charge in [-0.2, -0.15) is 14.4 Å². The van der Waals surface area contributed by atoms with Gasteiger partial charge in [-0.1, -0.05) is 6.42 Å². The molecule has 15 heavy (non-hydrogen) atoms. The summed E-state index contributed by atoms with van der Waals surface area (Å²) in [5, 5.41) is 0. The molecule has 2 N–H and O–H groups in total. The molecule has 4 nitrogen and oxygen atoms in total. The van der Waals surface area contributed by atoms with Gasteiger partial charge in [-0.25, -0.2) is 0 Å². The standard InChI is InChI=1S/C10H14FN3O/c11-8-6-9(14-10(12)13-8)15-7-4-2-1-3-5-7/h6-7H,1-5H2,(H2,12,13,14). The van der Waals surface area contributed by atoms with Crippen molar-refractivity contribution < 1.29 is 9.13 Å². The molecule has 0 radical (unpaired) electrons. The van der Waals surface area contributed by atoms with Gasteiger partial charge in [0.2, 0.25) is 17.8 Å². The summed E-state index contributed by atoms with van der Waals surface area (Å²) in [6.07, 6.45) is 5.73. The van der Waals surface area contributed by atoms with Gasteiger partial charge in [-0.3, -0.25) is 0 Å². The summed E-state index contributed by atoms with van der Waals surface area (Å²) in [6.45, 7) is 0. The number of hydrogen-bond acceptors (Lipinski definition) is 4. The van der Waals surface area contributed by atoms with Crippen molar-refractivity contribution >= 4 is 5.95 Å². The van der Waals surface area contributed by atoms with Crippen LogP contribution in [0.15, 0.2) is 6.07 Å². The Balaban J connectivity index is 2.02. The minimum Gasteiger partial charge on any atom is -0.474 e. The Morgan fingerprint density at radius 1 is 1.27 bits per heavy atom. The lowest BCUT2D eigenvalue weighted by Crippen LogP contribution is -2.20. The second-order valence-corrected chi connectivity index (χ2v) is 3.76. The van der Waals surface area contributed by atoms with Crippen molar-refractivity contribution in [2.75, 3.05) is 5.73 Å². The fraction of sp³-hybridized carbons (Fsp3) is 0.600. The summed E-state index contributed by atoms with van der Waals surface area (Å²) in [4.78, 5) is 7.18. The molecule has 82 valence electrons. The summed E-state index contributed by atoms with van der Waals surface area (Å²) in [6, 6.07) is 1.17. The summed E-state index contributed by atoms with van der Waals surface area (Å²) >= 11 is 0. The Morgan fingerprint density at radius 2 is 2.00 bits per heavy atom. The van der Waals surface area contributed by atoms with Gasteiger partial charge in [0.1, 0.15) is 6.10 Å². The van der Waals surface area contributed by atoms with Crippen molar-refractivity contribution in [3.8, 4) is 5.88 Å². The summed E-state index contributed by atoms with van der Waals surface area (Å²) in [7, 11) is 0. The highest BCUT2D eigenvalue weighted by atomic mass is 19.1. The first-order chi connectivity index (χ1) is 7.24. The van der Waals surface area contributed by atoms with E-state index in [4.69, 9.17) is 10.5 Å². The van der Waals surface area contributed by atoms with Crippen molar-refractivity contribution in [2.24, 2.45) is 0 Å². The van der Waals surface area contributed by atoms with E-state index in [2.05, 4.69) is 9.97 Å². The van der Waals surface area contributed by atoms with E-state index in [9.17, 15) is 4.39 Å². The van der Waals surface area contributed by atoms with Crippen LogP contribution in [-0.4, -0.2) is 16.1 Å². The van der Waals surface area contributed by atoms with E-state index in [1.54, 1.807) is 0 Å². The minimum atomic E-state index is -0.645. The number of hydrogen-bond donors (Lipinski definition) is 1. The quantitative estimate of drug-likeness (QED) is 0.759. The predicted octanol–water partition coefficient (Wildman–Crippen LogP) is 1.91. The molecule has 1 saturated carbocycles. The molecule has 5 heteroatoms. The molecule has 1 aliphatic carbocycles. The third-order valence-corrected chi connectivity index (χ3v) is 2.53. The second kappa shape index (κ2) is 4.42. The van der Waals surface area contributed by atoms with Crippen LogP contribution >= 0.6 is 0 Å². The first-order valence-corrected chi connectivity index (χ1v) is 5.21. The van der Waals surface area contributed by atoms with E-state index in [-0.39, 0.29) is 17.9 Å². The third kappa shape index (κ3) is 2.78. The van der Waals surface area contributed by atoms with Crippen LogP contribution in [0.1, 0.15) is 32.1 Å². The van der Waals surface area contributed by atoms with Crippen LogP contribution in [0.5, 0.6) is 5.88 Å². The summed E-state index contributed by atoms with van der Waals surface area (Å²) in [5.74, 6) is -0.485. The van der Waals surface area contributed by atoms with Crippen LogP contribution in [0.2, 0.25) is 0 Å². The van der Waals surface area contributed by atoms with Gasteiger partial charge in [-0.05, 0) is 25.7 Å². The molecule has 0 atom stereocenters. The van der Waals surface area contributed by atoms with Crippen molar-refractivity contribution in [1.29, 1.82) is 0 Å². The largest absolute Gasteiger partial charge is 0.474 e. The van der Waals surface area contributed by atoms with E-state index >= 15 is 0 Å². The molecule has 0 bridgehead atoms. The monoisotopic (exact) mass is 211 g/mol. The lowest BCUT2D eigenvalue weighted by atomic mass is 9.98. The Morgan fingerprint density at radius 3 is 2.67 bits per heavy atom. The minimum absolute atomic E-state index is 0.0826. The highest BCUT2D eigenvalue weighted by Gasteiger charge is 2.16. The highest BCUT2D eigenvalue weighted by Crippen LogP contribution is 2.22. The molecule has 1 aromatic heterocycles. The van der Waals surface area contributed by atoms with Crippen LogP contribution in [0.25, 0.3) is 0 Å². The van der Waals surface area contributed by atoms with Crippen LogP contribution in [0.4, 0.5) is 10.3 Å². The fourth-order valence-corrected chi connectivity index (χ4v) is 1.83. The number of ether oxygens (including phenoxy) is 1. The predicted molar refractivity (Wildman–Crippen MR) is 53.9 cm³/mol. The van der Waals surface area contributed by atoms with Crippen molar-refractivity contribution in [3.63, 3.8) is 0 Å². The number of nitrogens with zero attached hydrogens (tertiary/aromatic N) is 2. The Hall–Kier alpha value is -1.39. The van der Waals surface area contributed by atoms with Gasteiger partial charge in [0, 0.05) is 0 Å². The first kappa shape index (κ1) is 10.1. The average molecular weight is 211 g/mol. The lowest BCUT2D eigenvalue weighted by molar-refractivity contribution is 0.148. The van der Waals surface area contributed by atoms with Gasteiger partial charge in [0.15, 0.2) is 0 Å². The Kier molecular flexibility index (Phi) is 2.99. The summed E-state index contributed by atoms with van der Waals surface area (Å²) in [5.41, 5.74) is 5.32. The zero-order valence-corrected chi connectivity index (χ0v) is 8.45.